The molecule has 20 heavy (non-hydrogen) atoms. The van der Waals surface area contributed by atoms with Crippen LogP contribution in [0, 0.1) is 11.8 Å². The van der Waals surface area contributed by atoms with Crippen LogP contribution in [0.5, 0.6) is 0 Å². The maximum absolute atomic E-state index is 11.9. The monoisotopic (exact) mass is 278 g/mol. The molecule has 2 heterocycles. The Balaban J connectivity index is 1.66. The molecule has 0 N–H and O–H groups in total. The van der Waals surface area contributed by atoms with Crippen LogP contribution in [-0.2, 0) is 9.59 Å². The second-order valence-corrected chi connectivity index (χ2v) is 6.35. The smallest absolute Gasteiger partial charge is 0.226 e. The molecule has 0 spiro atoms. The Morgan fingerprint density at radius 1 is 0.900 bits per heavy atom. The third-order valence-electron chi connectivity index (χ3n) is 4.30. The Hall–Kier alpha value is -1.32. The summed E-state index contributed by atoms with van der Waals surface area (Å²) in [5.41, 5.74) is 0. The predicted molar refractivity (Wildman–Crippen MR) is 79.1 cm³/mol. The van der Waals surface area contributed by atoms with E-state index in [1.54, 1.807) is 0 Å². The van der Waals surface area contributed by atoms with Crippen LogP contribution in [0.2, 0.25) is 0 Å². The molecule has 0 saturated carbocycles. The topological polar surface area (TPSA) is 40.6 Å². The molecule has 112 valence electrons. The first-order valence-corrected chi connectivity index (χ1v) is 7.77. The first-order valence-electron chi connectivity index (χ1n) is 7.77. The van der Waals surface area contributed by atoms with Gasteiger partial charge in [0.05, 0.1) is 0 Å². The third kappa shape index (κ3) is 4.09. The average molecular weight is 278 g/mol. The highest BCUT2D eigenvalue weighted by molar-refractivity contribution is 5.79. The SMILES string of the molecule is CC1CCN(C(=O)C/C=C/CC(=O)N2CCC(C)C2)C1. The van der Waals surface area contributed by atoms with E-state index in [1.165, 1.54) is 0 Å². The lowest BCUT2D eigenvalue weighted by Crippen LogP contribution is -2.28. The minimum atomic E-state index is 0.188. The number of amides is 2. The highest BCUT2D eigenvalue weighted by Crippen LogP contribution is 2.17. The van der Waals surface area contributed by atoms with E-state index in [9.17, 15) is 9.59 Å². The first kappa shape index (κ1) is 15.1. The van der Waals surface area contributed by atoms with Crippen LogP contribution in [0.4, 0.5) is 0 Å². The van der Waals surface area contributed by atoms with Crippen LogP contribution in [-0.4, -0.2) is 47.8 Å². The van der Waals surface area contributed by atoms with Crippen LogP contribution in [0.3, 0.4) is 0 Å². The third-order valence-corrected chi connectivity index (χ3v) is 4.30. The molecule has 2 unspecified atom stereocenters. The molecule has 2 aliphatic heterocycles. The van der Waals surface area contributed by atoms with Crippen molar-refractivity contribution in [2.45, 2.75) is 39.5 Å². The lowest BCUT2D eigenvalue weighted by atomic mass is 10.2. The van der Waals surface area contributed by atoms with Crippen LogP contribution < -0.4 is 0 Å². The minimum Gasteiger partial charge on any atom is -0.342 e. The second-order valence-electron chi connectivity index (χ2n) is 6.35. The summed E-state index contributed by atoms with van der Waals surface area (Å²) in [6.07, 6.45) is 6.78. The van der Waals surface area contributed by atoms with Gasteiger partial charge >= 0.3 is 0 Å². The van der Waals surface area contributed by atoms with Gasteiger partial charge in [-0.25, -0.2) is 0 Å². The van der Waals surface area contributed by atoms with Crippen LogP contribution in [0.15, 0.2) is 12.2 Å². The van der Waals surface area contributed by atoms with E-state index in [1.807, 2.05) is 22.0 Å². The van der Waals surface area contributed by atoms with E-state index in [0.29, 0.717) is 24.7 Å². The fourth-order valence-corrected chi connectivity index (χ4v) is 2.95. The van der Waals surface area contributed by atoms with Gasteiger partial charge in [-0.1, -0.05) is 26.0 Å². The van der Waals surface area contributed by atoms with Gasteiger partial charge in [-0.15, -0.1) is 0 Å². The summed E-state index contributed by atoms with van der Waals surface area (Å²) in [5.74, 6) is 1.63. The van der Waals surface area contributed by atoms with Crippen LogP contribution >= 0.6 is 0 Å². The summed E-state index contributed by atoms with van der Waals surface area (Å²) in [6.45, 7) is 7.91. The molecule has 0 aromatic carbocycles. The highest BCUT2D eigenvalue weighted by Gasteiger charge is 2.23. The second kappa shape index (κ2) is 6.91. The van der Waals surface area contributed by atoms with E-state index < -0.39 is 0 Å². The number of carbonyl (C=O) groups excluding carboxylic acids is 2. The standard InChI is InChI=1S/C16H26N2O2/c1-13-7-9-17(11-13)15(19)5-3-4-6-16(20)18-10-8-14(2)12-18/h3-4,13-14H,5-12H2,1-2H3/b4-3+. The number of nitrogens with zero attached hydrogens (tertiary/aromatic N) is 2. The Kier molecular flexibility index (Phi) is 5.21. The van der Waals surface area contributed by atoms with Gasteiger partial charge in [0, 0.05) is 39.0 Å². The molecule has 0 radical (unpaired) electrons. The van der Waals surface area contributed by atoms with Gasteiger partial charge in [0.15, 0.2) is 0 Å². The summed E-state index contributed by atoms with van der Waals surface area (Å²) < 4.78 is 0. The van der Waals surface area contributed by atoms with E-state index in [0.717, 1.165) is 39.0 Å². The lowest BCUT2D eigenvalue weighted by molar-refractivity contribution is -0.130. The maximum atomic E-state index is 11.9. The number of hydrogen-bond donors (Lipinski definition) is 0. The van der Waals surface area contributed by atoms with Crippen molar-refractivity contribution in [2.75, 3.05) is 26.2 Å². The van der Waals surface area contributed by atoms with Crippen molar-refractivity contribution in [3.8, 4) is 0 Å². The number of rotatable bonds is 4. The van der Waals surface area contributed by atoms with Gasteiger partial charge < -0.3 is 9.80 Å². The average Bonchev–Trinajstić information content (AvgIpc) is 3.03. The van der Waals surface area contributed by atoms with Crippen molar-refractivity contribution in [3.63, 3.8) is 0 Å². The van der Waals surface area contributed by atoms with Crippen molar-refractivity contribution < 1.29 is 9.59 Å². The molecule has 2 saturated heterocycles. The van der Waals surface area contributed by atoms with E-state index >= 15 is 0 Å². The Morgan fingerprint density at radius 3 is 1.60 bits per heavy atom. The van der Waals surface area contributed by atoms with Crippen molar-refractivity contribution in [1.82, 2.24) is 9.80 Å². The molecule has 2 amide bonds. The molecule has 4 nitrogen and oxygen atoms in total. The molecule has 2 fully saturated rings. The van der Waals surface area contributed by atoms with Crippen LogP contribution in [0.1, 0.15) is 39.5 Å². The van der Waals surface area contributed by atoms with E-state index in [-0.39, 0.29) is 11.8 Å². The zero-order chi connectivity index (χ0) is 14.5. The summed E-state index contributed by atoms with van der Waals surface area (Å²) in [4.78, 5) is 27.7. The summed E-state index contributed by atoms with van der Waals surface area (Å²) in [7, 11) is 0. The quantitative estimate of drug-likeness (QED) is 0.739. The fraction of sp³-hybridized carbons (Fsp3) is 0.750. The van der Waals surface area contributed by atoms with E-state index in [4.69, 9.17) is 0 Å². The Labute approximate surface area is 121 Å². The van der Waals surface area contributed by atoms with Gasteiger partial charge in [0.25, 0.3) is 0 Å². The Morgan fingerprint density at radius 2 is 1.30 bits per heavy atom. The molecule has 0 aliphatic carbocycles. The van der Waals surface area contributed by atoms with E-state index in [2.05, 4.69) is 13.8 Å². The maximum Gasteiger partial charge on any atom is 0.226 e. The zero-order valence-corrected chi connectivity index (χ0v) is 12.7. The molecule has 2 aliphatic rings. The minimum absolute atomic E-state index is 0.188. The molecule has 0 aromatic heterocycles. The highest BCUT2D eigenvalue weighted by atomic mass is 16.2. The number of carbonyl (C=O) groups is 2. The Bertz CT molecular complexity index is 356. The normalized spacial score (nSPS) is 26.7. The molecule has 4 heteroatoms. The fourth-order valence-electron chi connectivity index (χ4n) is 2.95. The van der Waals surface area contributed by atoms with Gasteiger partial charge in [-0.05, 0) is 24.7 Å². The summed E-state index contributed by atoms with van der Waals surface area (Å²) in [5, 5.41) is 0. The van der Waals surface area contributed by atoms with Crippen LogP contribution in [0.25, 0.3) is 0 Å². The summed E-state index contributed by atoms with van der Waals surface area (Å²) in [6, 6.07) is 0. The molecular formula is C16H26N2O2. The zero-order valence-electron chi connectivity index (χ0n) is 12.7. The number of hydrogen-bond acceptors (Lipinski definition) is 2. The molecular weight excluding hydrogens is 252 g/mol. The molecule has 0 bridgehead atoms. The van der Waals surface area contributed by atoms with Crippen molar-refractivity contribution in [1.29, 1.82) is 0 Å². The first-order chi connectivity index (χ1) is 9.56. The van der Waals surface area contributed by atoms with Crippen molar-refractivity contribution in [2.24, 2.45) is 11.8 Å². The van der Waals surface area contributed by atoms with Gasteiger partial charge in [-0.2, -0.15) is 0 Å². The predicted octanol–water partition coefficient (Wildman–Crippen LogP) is 2.06. The van der Waals surface area contributed by atoms with Crippen molar-refractivity contribution >= 4 is 11.8 Å². The molecule has 2 rings (SSSR count). The summed E-state index contributed by atoms with van der Waals surface area (Å²) >= 11 is 0. The van der Waals surface area contributed by atoms with Gasteiger partial charge in [0.2, 0.25) is 11.8 Å². The van der Waals surface area contributed by atoms with Gasteiger partial charge in [-0.3, -0.25) is 9.59 Å². The lowest BCUT2D eigenvalue weighted by Gasteiger charge is -2.15. The molecule has 2 atom stereocenters. The largest absolute Gasteiger partial charge is 0.342 e. The van der Waals surface area contributed by atoms with Crippen molar-refractivity contribution in [3.05, 3.63) is 12.2 Å². The molecule has 0 aromatic rings. The number of likely N-dealkylation sites (tertiary alicyclic amines) is 2. The van der Waals surface area contributed by atoms with Gasteiger partial charge in [0.1, 0.15) is 0 Å².